The molecule has 170 valence electrons. The van der Waals surface area contributed by atoms with Gasteiger partial charge in [0.2, 0.25) is 0 Å². The molecular formula is C29H44N2. The molecule has 0 N–H and O–H groups in total. The molecular weight excluding hydrogens is 376 g/mol. The van der Waals surface area contributed by atoms with Crippen molar-refractivity contribution >= 4 is 5.69 Å². The number of hydrogen-bond acceptors (Lipinski definition) is 2. The smallest absolute Gasteiger partial charge is 0.0366 e. The monoisotopic (exact) mass is 420 g/mol. The minimum atomic E-state index is 0.639. The van der Waals surface area contributed by atoms with Crippen molar-refractivity contribution in [2.75, 3.05) is 38.1 Å². The van der Waals surface area contributed by atoms with Crippen LogP contribution >= 0.6 is 0 Å². The van der Waals surface area contributed by atoms with E-state index in [1.54, 1.807) is 0 Å². The van der Waals surface area contributed by atoms with Crippen molar-refractivity contribution in [3.63, 3.8) is 0 Å². The molecule has 0 aliphatic carbocycles. The van der Waals surface area contributed by atoms with Crippen LogP contribution in [0.2, 0.25) is 0 Å². The maximum atomic E-state index is 2.51. The highest BCUT2D eigenvalue weighted by molar-refractivity contribution is 5.48. The average molecular weight is 421 g/mol. The van der Waals surface area contributed by atoms with Crippen molar-refractivity contribution in [3.8, 4) is 0 Å². The quantitative estimate of drug-likeness (QED) is 0.508. The Morgan fingerprint density at radius 3 is 1.61 bits per heavy atom. The van der Waals surface area contributed by atoms with Crippen molar-refractivity contribution in [3.05, 3.63) is 65.2 Å². The molecule has 4 rings (SSSR count). The van der Waals surface area contributed by atoms with Crippen molar-refractivity contribution in [2.24, 2.45) is 0 Å². The zero-order chi connectivity index (χ0) is 22.2. The summed E-state index contributed by atoms with van der Waals surface area (Å²) in [4.78, 5) is 4.94. The predicted molar refractivity (Wildman–Crippen MR) is 137 cm³/mol. The Bertz CT molecular complexity index is 746. The highest BCUT2D eigenvalue weighted by Crippen LogP contribution is 2.28. The number of benzene rings is 2. The van der Waals surface area contributed by atoms with Gasteiger partial charge in [0, 0.05) is 18.8 Å². The fourth-order valence-corrected chi connectivity index (χ4v) is 4.72. The normalized spacial score (nSPS) is 18.2. The zero-order valence-electron chi connectivity index (χ0n) is 20.6. The van der Waals surface area contributed by atoms with Gasteiger partial charge in [-0.1, -0.05) is 64.1 Å². The van der Waals surface area contributed by atoms with Crippen LogP contribution in [0.15, 0.2) is 48.5 Å². The van der Waals surface area contributed by atoms with E-state index in [4.69, 9.17) is 0 Å². The van der Waals surface area contributed by atoms with E-state index in [0.29, 0.717) is 11.8 Å². The Labute approximate surface area is 191 Å². The van der Waals surface area contributed by atoms with E-state index < -0.39 is 0 Å². The molecule has 2 aliphatic rings. The van der Waals surface area contributed by atoms with Crippen LogP contribution in [0, 0.1) is 0 Å². The van der Waals surface area contributed by atoms with E-state index in [1.807, 2.05) is 0 Å². The molecule has 2 fully saturated rings. The first-order valence-corrected chi connectivity index (χ1v) is 12.6. The summed E-state index contributed by atoms with van der Waals surface area (Å²) >= 11 is 0. The fraction of sp³-hybridized carbons (Fsp3) is 0.586. The number of piperidine rings is 2. The molecule has 2 saturated heterocycles. The molecule has 0 radical (unpaired) electrons. The van der Waals surface area contributed by atoms with Crippen LogP contribution in [0.3, 0.4) is 0 Å². The maximum absolute atomic E-state index is 2.51. The molecule has 0 spiro atoms. The van der Waals surface area contributed by atoms with E-state index in [9.17, 15) is 0 Å². The summed E-state index contributed by atoms with van der Waals surface area (Å²) < 4.78 is 0. The molecule has 0 unspecified atom stereocenters. The summed E-state index contributed by atoms with van der Waals surface area (Å²) in [6, 6.07) is 18.4. The van der Waals surface area contributed by atoms with Crippen LogP contribution in [0.25, 0.3) is 0 Å². The summed E-state index contributed by atoms with van der Waals surface area (Å²) in [5, 5.41) is 0. The molecule has 2 aromatic rings. The largest absolute Gasteiger partial charge is 0.372 e. The second-order valence-corrected chi connectivity index (χ2v) is 10.2. The van der Waals surface area contributed by atoms with E-state index >= 15 is 0 Å². The SMILES string of the molecule is CC(C)c1ccc(C2CCN(C)CC2)cc1.CC(C)c1ccc(N2CCCCC2)cc1. The molecule has 0 bridgehead atoms. The molecule has 0 aromatic heterocycles. The lowest BCUT2D eigenvalue weighted by Gasteiger charge is -2.29. The van der Waals surface area contributed by atoms with E-state index in [-0.39, 0.29) is 0 Å². The summed E-state index contributed by atoms with van der Waals surface area (Å²) in [6.45, 7) is 14.0. The molecule has 2 nitrogen and oxygen atoms in total. The predicted octanol–water partition coefficient (Wildman–Crippen LogP) is 7.42. The molecule has 2 aromatic carbocycles. The third kappa shape index (κ3) is 7.10. The minimum Gasteiger partial charge on any atom is -0.372 e. The standard InChI is InChI=1S/C15H23N.C14H21N/c1-12(2)13-4-6-14(7-5-13)15-8-10-16(3)11-9-15;1-12(2)13-6-8-14(9-7-13)15-10-4-3-5-11-15/h4-7,12,15H,8-11H2,1-3H3;6-9,12H,3-5,10-11H2,1-2H3. The van der Waals surface area contributed by atoms with Gasteiger partial charge < -0.3 is 9.80 Å². The van der Waals surface area contributed by atoms with Crippen molar-refractivity contribution in [1.29, 1.82) is 0 Å². The first-order chi connectivity index (χ1) is 14.9. The minimum absolute atomic E-state index is 0.639. The number of hydrogen-bond donors (Lipinski definition) is 0. The number of rotatable bonds is 4. The third-order valence-electron chi connectivity index (χ3n) is 7.07. The van der Waals surface area contributed by atoms with Crippen LogP contribution in [-0.4, -0.2) is 38.1 Å². The second kappa shape index (κ2) is 11.7. The highest BCUT2D eigenvalue weighted by atomic mass is 15.1. The molecule has 0 saturated carbocycles. The lowest BCUT2D eigenvalue weighted by atomic mass is 9.88. The molecule has 0 amide bonds. The molecule has 2 heteroatoms. The second-order valence-electron chi connectivity index (χ2n) is 10.2. The van der Waals surface area contributed by atoms with Crippen LogP contribution in [-0.2, 0) is 0 Å². The van der Waals surface area contributed by atoms with Crippen molar-refractivity contribution < 1.29 is 0 Å². The number of anilines is 1. The van der Waals surface area contributed by atoms with Gasteiger partial charge in [0.1, 0.15) is 0 Å². The Hall–Kier alpha value is -1.80. The summed E-state index contributed by atoms with van der Waals surface area (Å²) in [7, 11) is 2.22. The Kier molecular flexibility index (Phi) is 9.02. The molecule has 2 aliphatic heterocycles. The lowest BCUT2D eigenvalue weighted by molar-refractivity contribution is 0.255. The molecule has 2 heterocycles. The summed E-state index contributed by atoms with van der Waals surface area (Å²) in [5.41, 5.74) is 5.84. The Balaban J connectivity index is 0.000000176. The maximum Gasteiger partial charge on any atom is 0.0366 e. The third-order valence-corrected chi connectivity index (χ3v) is 7.07. The van der Waals surface area contributed by atoms with E-state index in [0.717, 1.165) is 5.92 Å². The average Bonchev–Trinajstić information content (AvgIpc) is 2.81. The van der Waals surface area contributed by atoms with Gasteiger partial charge in [-0.25, -0.2) is 0 Å². The van der Waals surface area contributed by atoms with Crippen LogP contribution in [0.4, 0.5) is 5.69 Å². The van der Waals surface area contributed by atoms with Gasteiger partial charge in [-0.15, -0.1) is 0 Å². The van der Waals surface area contributed by atoms with Gasteiger partial charge in [0.15, 0.2) is 0 Å². The van der Waals surface area contributed by atoms with E-state index in [2.05, 4.69) is 93.1 Å². The van der Waals surface area contributed by atoms with E-state index in [1.165, 1.54) is 80.7 Å². The highest BCUT2D eigenvalue weighted by Gasteiger charge is 2.18. The number of nitrogens with zero attached hydrogens (tertiary/aromatic N) is 2. The van der Waals surface area contributed by atoms with Crippen LogP contribution in [0.1, 0.15) is 94.2 Å². The fourth-order valence-electron chi connectivity index (χ4n) is 4.72. The molecule has 31 heavy (non-hydrogen) atoms. The van der Waals surface area contributed by atoms with Gasteiger partial charge in [0.25, 0.3) is 0 Å². The molecule has 0 atom stereocenters. The zero-order valence-corrected chi connectivity index (χ0v) is 20.6. The Morgan fingerprint density at radius 1 is 0.645 bits per heavy atom. The van der Waals surface area contributed by atoms with Gasteiger partial charge in [-0.2, -0.15) is 0 Å². The summed E-state index contributed by atoms with van der Waals surface area (Å²) in [6.07, 6.45) is 6.74. The first-order valence-electron chi connectivity index (χ1n) is 12.6. The van der Waals surface area contributed by atoms with Crippen LogP contribution < -0.4 is 4.90 Å². The van der Waals surface area contributed by atoms with Gasteiger partial charge in [-0.3, -0.25) is 0 Å². The lowest BCUT2D eigenvalue weighted by Crippen LogP contribution is -2.29. The summed E-state index contributed by atoms with van der Waals surface area (Å²) in [5.74, 6) is 2.07. The van der Waals surface area contributed by atoms with Gasteiger partial charge in [0.05, 0.1) is 0 Å². The van der Waals surface area contributed by atoms with Crippen LogP contribution in [0.5, 0.6) is 0 Å². The van der Waals surface area contributed by atoms with Gasteiger partial charge >= 0.3 is 0 Å². The first kappa shape index (κ1) is 23.9. The van der Waals surface area contributed by atoms with Crippen molar-refractivity contribution in [2.45, 2.75) is 77.6 Å². The van der Waals surface area contributed by atoms with Gasteiger partial charge in [-0.05, 0) is 98.8 Å². The van der Waals surface area contributed by atoms with Crippen molar-refractivity contribution in [1.82, 2.24) is 4.90 Å². The Morgan fingerprint density at radius 2 is 1.13 bits per heavy atom. The topological polar surface area (TPSA) is 6.48 Å². The number of likely N-dealkylation sites (tertiary alicyclic amines) is 1.